The maximum atomic E-state index is 12.0. The third kappa shape index (κ3) is 4.09. The first-order valence-corrected chi connectivity index (χ1v) is 5.49. The molecule has 0 saturated carbocycles. The average molecular weight is 200 g/mol. The minimum absolute atomic E-state index is 0.0777. The third-order valence-electron chi connectivity index (χ3n) is 2.30. The van der Waals surface area contributed by atoms with Gasteiger partial charge in [-0.25, -0.2) is 0 Å². The van der Waals surface area contributed by atoms with Gasteiger partial charge in [-0.2, -0.15) is 0 Å². The summed E-state index contributed by atoms with van der Waals surface area (Å²) in [4.78, 5) is 13.9. The number of carbonyl (C=O) groups is 1. The van der Waals surface area contributed by atoms with E-state index in [2.05, 4.69) is 26.1 Å². The summed E-state index contributed by atoms with van der Waals surface area (Å²) in [5.41, 5.74) is 0. The maximum absolute atomic E-state index is 12.0. The van der Waals surface area contributed by atoms with Gasteiger partial charge in [-0.1, -0.05) is 13.8 Å². The second-order valence-electron chi connectivity index (χ2n) is 4.08. The molecule has 0 fully saturated rings. The fraction of sp³-hybridized carbons (Fsp3) is 0.909. The number of rotatable bonds is 6. The molecule has 0 aliphatic heterocycles. The van der Waals surface area contributed by atoms with Gasteiger partial charge in [0.1, 0.15) is 0 Å². The molecule has 3 heteroatoms. The van der Waals surface area contributed by atoms with Crippen LogP contribution >= 0.6 is 0 Å². The molecule has 1 amide bonds. The van der Waals surface area contributed by atoms with Gasteiger partial charge < -0.3 is 10.2 Å². The van der Waals surface area contributed by atoms with E-state index < -0.39 is 0 Å². The van der Waals surface area contributed by atoms with E-state index in [1.165, 1.54) is 0 Å². The smallest absolute Gasteiger partial charge is 0.226 e. The first-order valence-electron chi connectivity index (χ1n) is 5.49. The number of carbonyl (C=O) groups excluding carboxylic acids is 1. The van der Waals surface area contributed by atoms with Crippen molar-refractivity contribution in [3.8, 4) is 0 Å². The van der Waals surface area contributed by atoms with Crippen LogP contribution in [-0.2, 0) is 4.79 Å². The lowest BCUT2D eigenvalue weighted by molar-refractivity contribution is -0.136. The molecule has 3 nitrogen and oxygen atoms in total. The van der Waals surface area contributed by atoms with Crippen molar-refractivity contribution in [1.29, 1.82) is 0 Å². The molecule has 14 heavy (non-hydrogen) atoms. The van der Waals surface area contributed by atoms with Crippen molar-refractivity contribution >= 4 is 5.91 Å². The number of amides is 1. The van der Waals surface area contributed by atoms with E-state index in [0.717, 1.165) is 19.5 Å². The third-order valence-corrected chi connectivity index (χ3v) is 2.30. The second kappa shape index (κ2) is 6.82. The Labute approximate surface area is 87.9 Å². The molecule has 0 aliphatic rings. The zero-order chi connectivity index (χ0) is 11.1. The Morgan fingerprint density at radius 3 is 2.29 bits per heavy atom. The molecule has 0 aromatic carbocycles. The monoisotopic (exact) mass is 200 g/mol. The van der Waals surface area contributed by atoms with Crippen LogP contribution in [0, 0.1) is 5.92 Å². The zero-order valence-electron chi connectivity index (χ0n) is 10.1. The molecule has 1 atom stereocenters. The van der Waals surface area contributed by atoms with Gasteiger partial charge in [0, 0.05) is 25.0 Å². The second-order valence-corrected chi connectivity index (χ2v) is 4.08. The number of hydrogen-bond acceptors (Lipinski definition) is 2. The molecule has 0 aromatic heterocycles. The van der Waals surface area contributed by atoms with Gasteiger partial charge in [-0.3, -0.25) is 4.79 Å². The fourth-order valence-corrected chi connectivity index (χ4v) is 1.54. The molecular formula is C11H24N2O. The molecule has 0 spiro atoms. The van der Waals surface area contributed by atoms with Crippen molar-refractivity contribution in [2.75, 3.05) is 20.1 Å². The highest BCUT2D eigenvalue weighted by molar-refractivity contribution is 5.79. The van der Waals surface area contributed by atoms with Crippen LogP contribution in [0.4, 0.5) is 0 Å². The van der Waals surface area contributed by atoms with Crippen LogP contribution in [-0.4, -0.2) is 37.0 Å². The summed E-state index contributed by atoms with van der Waals surface area (Å²) in [6.45, 7) is 9.84. The quantitative estimate of drug-likeness (QED) is 0.704. The molecule has 0 aliphatic carbocycles. The van der Waals surface area contributed by atoms with E-state index >= 15 is 0 Å². The van der Waals surface area contributed by atoms with E-state index in [-0.39, 0.29) is 11.8 Å². The summed E-state index contributed by atoms with van der Waals surface area (Å²) in [6, 6.07) is 0.307. The molecule has 1 N–H and O–H groups in total. The van der Waals surface area contributed by atoms with Gasteiger partial charge in [-0.15, -0.1) is 0 Å². The molecule has 0 heterocycles. The Hall–Kier alpha value is -0.570. The first kappa shape index (κ1) is 13.4. The summed E-state index contributed by atoms with van der Waals surface area (Å²) in [7, 11) is 1.88. The van der Waals surface area contributed by atoms with Crippen molar-refractivity contribution < 1.29 is 4.79 Å². The van der Waals surface area contributed by atoms with Crippen molar-refractivity contribution in [2.45, 2.75) is 40.2 Å². The van der Waals surface area contributed by atoms with Crippen LogP contribution in [0.1, 0.15) is 34.1 Å². The van der Waals surface area contributed by atoms with Gasteiger partial charge in [0.2, 0.25) is 5.91 Å². The van der Waals surface area contributed by atoms with E-state index in [0.29, 0.717) is 6.04 Å². The van der Waals surface area contributed by atoms with Gasteiger partial charge in [0.05, 0.1) is 0 Å². The number of nitrogens with one attached hydrogen (secondary N) is 1. The number of hydrogen-bond donors (Lipinski definition) is 1. The normalized spacial score (nSPS) is 13.0. The predicted octanol–water partition coefficient (Wildman–Crippen LogP) is 1.49. The maximum Gasteiger partial charge on any atom is 0.226 e. The summed E-state index contributed by atoms with van der Waals surface area (Å²) < 4.78 is 0. The van der Waals surface area contributed by atoms with Crippen molar-refractivity contribution in [1.82, 2.24) is 10.2 Å². The summed E-state index contributed by atoms with van der Waals surface area (Å²) in [5, 5.41) is 3.04. The SMILES string of the molecule is CCCN(C(=O)C(C)CNC)C(C)C. The Kier molecular flexibility index (Phi) is 6.54. The Morgan fingerprint density at radius 1 is 1.36 bits per heavy atom. The largest absolute Gasteiger partial charge is 0.340 e. The van der Waals surface area contributed by atoms with Gasteiger partial charge in [0.15, 0.2) is 0 Å². The molecule has 0 radical (unpaired) electrons. The Balaban J connectivity index is 4.27. The molecule has 1 unspecified atom stereocenters. The van der Waals surface area contributed by atoms with Crippen LogP contribution < -0.4 is 5.32 Å². The lowest BCUT2D eigenvalue weighted by Gasteiger charge is -2.29. The molecule has 84 valence electrons. The van der Waals surface area contributed by atoms with E-state index in [9.17, 15) is 4.79 Å². The topological polar surface area (TPSA) is 32.3 Å². The Bertz CT molecular complexity index is 169. The molecule has 0 aromatic rings. The van der Waals surface area contributed by atoms with E-state index in [1.807, 2.05) is 18.9 Å². The lowest BCUT2D eigenvalue weighted by atomic mass is 10.1. The highest BCUT2D eigenvalue weighted by atomic mass is 16.2. The average Bonchev–Trinajstić information content (AvgIpc) is 2.13. The molecule has 0 rings (SSSR count). The number of nitrogens with zero attached hydrogens (tertiary/aromatic N) is 1. The van der Waals surface area contributed by atoms with Crippen LogP contribution in [0.2, 0.25) is 0 Å². The fourth-order valence-electron chi connectivity index (χ4n) is 1.54. The first-order chi connectivity index (χ1) is 6.54. The van der Waals surface area contributed by atoms with E-state index in [1.54, 1.807) is 0 Å². The summed E-state index contributed by atoms with van der Waals surface area (Å²) >= 11 is 0. The van der Waals surface area contributed by atoms with E-state index in [4.69, 9.17) is 0 Å². The minimum atomic E-state index is 0.0777. The van der Waals surface area contributed by atoms with Crippen LogP contribution in [0.15, 0.2) is 0 Å². The standard InChI is InChI=1S/C11H24N2O/c1-6-7-13(9(2)3)11(14)10(4)8-12-5/h9-10,12H,6-8H2,1-5H3. The molecular weight excluding hydrogens is 176 g/mol. The van der Waals surface area contributed by atoms with Crippen molar-refractivity contribution in [3.05, 3.63) is 0 Å². The highest BCUT2D eigenvalue weighted by Gasteiger charge is 2.21. The van der Waals surface area contributed by atoms with Crippen molar-refractivity contribution in [3.63, 3.8) is 0 Å². The van der Waals surface area contributed by atoms with Crippen LogP contribution in [0.3, 0.4) is 0 Å². The van der Waals surface area contributed by atoms with Crippen LogP contribution in [0.25, 0.3) is 0 Å². The van der Waals surface area contributed by atoms with Gasteiger partial charge >= 0.3 is 0 Å². The Morgan fingerprint density at radius 2 is 1.93 bits per heavy atom. The highest BCUT2D eigenvalue weighted by Crippen LogP contribution is 2.07. The molecule has 0 saturated heterocycles. The zero-order valence-corrected chi connectivity index (χ0v) is 10.1. The molecule has 0 bridgehead atoms. The lowest BCUT2D eigenvalue weighted by Crippen LogP contribution is -2.42. The van der Waals surface area contributed by atoms with Crippen LogP contribution in [0.5, 0.6) is 0 Å². The minimum Gasteiger partial charge on any atom is -0.340 e. The summed E-state index contributed by atoms with van der Waals surface area (Å²) in [6.07, 6.45) is 1.02. The van der Waals surface area contributed by atoms with Gasteiger partial charge in [-0.05, 0) is 27.3 Å². The summed E-state index contributed by atoms with van der Waals surface area (Å²) in [5.74, 6) is 0.338. The van der Waals surface area contributed by atoms with Gasteiger partial charge in [0.25, 0.3) is 0 Å². The van der Waals surface area contributed by atoms with Crippen molar-refractivity contribution in [2.24, 2.45) is 5.92 Å². The predicted molar refractivity (Wildman–Crippen MR) is 60.2 cm³/mol.